The summed E-state index contributed by atoms with van der Waals surface area (Å²) >= 11 is 0. The fourth-order valence-electron chi connectivity index (χ4n) is 3.97. The Kier molecular flexibility index (Phi) is 4.89. The van der Waals surface area contributed by atoms with Crippen molar-refractivity contribution in [2.75, 3.05) is 13.1 Å². The van der Waals surface area contributed by atoms with Gasteiger partial charge in [-0.25, -0.2) is 24.6 Å². The van der Waals surface area contributed by atoms with Gasteiger partial charge in [-0.3, -0.25) is 4.79 Å². The number of carbonyl (C=O) groups excluding carboxylic acids is 1. The number of likely N-dealkylation sites (tertiary alicyclic amines) is 1. The van der Waals surface area contributed by atoms with E-state index in [9.17, 15) is 4.79 Å². The zero-order valence-corrected chi connectivity index (χ0v) is 17.6. The van der Waals surface area contributed by atoms with Crippen LogP contribution in [0.5, 0.6) is 0 Å². The Bertz CT molecular complexity index is 1240. The molecule has 0 saturated carbocycles. The molecular weight excluding hydrogens is 390 g/mol. The molecule has 1 aliphatic heterocycles. The predicted octanol–water partition coefficient (Wildman–Crippen LogP) is 3.18. The number of nitrogens with zero attached hydrogens (tertiary/aromatic N) is 7. The molecule has 8 nitrogen and oxygen atoms in total. The molecule has 4 aromatic rings. The predicted molar refractivity (Wildman–Crippen MR) is 117 cm³/mol. The van der Waals surface area contributed by atoms with Crippen LogP contribution in [-0.2, 0) is 6.54 Å². The number of aromatic nitrogens is 6. The molecular formula is C23H23N7O. The Morgan fingerprint density at radius 3 is 2.58 bits per heavy atom. The van der Waals surface area contributed by atoms with Crippen LogP contribution < -0.4 is 0 Å². The van der Waals surface area contributed by atoms with Crippen molar-refractivity contribution in [1.82, 2.24) is 34.6 Å². The highest BCUT2D eigenvalue weighted by molar-refractivity contribution is 6.08. The summed E-state index contributed by atoms with van der Waals surface area (Å²) in [7, 11) is 0. The Labute approximate surface area is 180 Å². The summed E-state index contributed by atoms with van der Waals surface area (Å²) in [6, 6.07) is 5.95. The van der Waals surface area contributed by atoms with Crippen molar-refractivity contribution in [3.05, 3.63) is 65.8 Å². The molecule has 31 heavy (non-hydrogen) atoms. The number of aryl methyl sites for hydroxylation is 2. The van der Waals surface area contributed by atoms with E-state index < -0.39 is 0 Å². The summed E-state index contributed by atoms with van der Waals surface area (Å²) in [5.41, 5.74) is 5.26. The summed E-state index contributed by atoms with van der Waals surface area (Å²) in [5.74, 6) is 0.702. The number of carbonyl (C=O) groups is 1. The van der Waals surface area contributed by atoms with E-state index >= 15 is 0 Å². The molecule has 0 bridgehead atoms. The first-order valence-corrected chi connectivity index (χ1v) is 10.4. The van der Waals surface area contributed by atoms with Gasteiger partial charge >= 0.3 is 0 Å². The number of benzene rings is 1. The molecule has 1 fully saturated rings. The Balaban J connectivity index is 1.58. The van der Waals surface area contributed by atoms with Crippen LogP contribution in [0.4, 0.5) is 0 Å². The topological polar surface area (TPSA) is 89.7 Å². The molecule has 1 aromatic carbocycles. The summed E-state index contributed by atoms with van der Waals surface area (Å²) in [6.07, 6.45) is 8.73. The first-order valence-electron chi connectivity index (χ1n) is 10.4. The first-order chi connectivity index (χ1) is 15.1. The summed E-state index contributed by atoms with van der Waals surface area (Å²) in [4.78, 5) is 33.0. The van der Waals surface area contributed by atoms with Crippen LogP contribution >= 0.6 is 0 Å². The van der Waals surface area contributed by atoms with E-state index in [0.29, 0.717) is 23.6 Å². The maximum absolute atomic E-state index is 13.3. The molecule has 156 valence electrons. The van der Waals surface area contributed by atoms with Crippen molar-refractivity contribution in [2.45, 2.75) is 33.2 Å². The van der Waals surface area contributed by atoms with Gasteiger partial charge in [0.15, 0.2) is 0 Å². The van der Waals surface area contributed by atoms with Crippen molar-refractivity contribution < 1.29 is 4.79 Å². The average molecular weight is 413 g/mol. The maximum Gasteiger partial charge on any atom is 0.254 e. The minimum Gasteiger partial charge on any atom is -0.339 e. The van der Waals surface area contributed by atoms with Gasteiger partial charge in [0.2, 0.25) is 0 Å². The van der Waals surface area contributed by atoms with Gasteiger partial charge in [0.05, 0.1) is 16.8 Å². The third-order valence-corrected chi connectivity index (χ3v) is 5.90. The van der Waals surface area contributed by atoms with Crippen LogP contribution in [0.25, 0.3) is 22.2 Å². The van der Waals surface area contributed by atoms with Crippen LogP contribution in [-0.4, -0.2) is 53.6 Å². The molecule has 3 aromatic heterocycles. The lowest BCUT2D eigenvalue weighted by Crippen LogP contribution is -2.28. The lowest BCUT2D eigenvalue weighted by molar-refractivity contribution is 0.0794. The van der Waals surface area contributed by atoms with E-state index in [-0.39, 0.29) is 5.91 Å². The Morgan fingerprint density at radius 2 is 1.87 bits per heavy atom. The minimum absolute atomic E-state index is 0.0677. The van der Waals surface area contributed by atoms with Crippen LogP contribution in [0.2, 0.25) is 0 Å². The first kappa shape index (κ1) is 19.3. The van der Waals surface area contributed by atoms with Crippen LogP contribution in [0, 0.1) is 13.8 Å². The lowest BCUT2D eigenvalue weighted by atomic mass is 9.99. The molecule has 5 rings (SSSR count). The average Bonchev–Trinajstić information content (AvgIpc) is 3.50. The molecule has 0 atom stereocenters. The zero-order valence-electron chi connectivity index (χ0n) is 17.6. The lowest BCUT2D eigenvalue weighted by Gasteiger charge is -2.18. The second-order valence-corrected chi connectivity index (χ2v) is 7.94. The molecule has 0 unspecified atom stereocenters. The summed E-state index contributed by atoms with van der Waals surface area (Å²) < 4.78 is 1.67. The third-order valence-electron chi connectivity index (χ3n) is 5.90. The van der Waals surface area contributed by atoms with Crippen molar-refractivity contribution in [2.24, 2.45) is 0 Å². The highest BCUT2D eigenvalue weighted by atomic mass is 16.2. The van der Waals surface area contributed by atoms with Gasteiger partial charge in [0.25, 0.3) is 5.91 Å². The van der Waals surface area contributed by atoms with Gasteiger partial charge in [-0.05, 0) is 43.9 Å². The summed E-state index contributed by atoms with van der Waals surface area (Å²) in [6.45, 7) is 6.18. The van der Waals surface area contributed by atoms with Gasteiger partial charge in [0.1, 0.15) is 25.0 Å². The second kappa shape index (κ2) is 7.86. The molecule has 0 N–H and O–H groups in total. The van der Waals surface area contributed by atoms with Crippen LogP contribution in [0.3, 0.4) is 0 Å². The largest absolute Gasteiger partial charge is 0.339 e. The highest BCUT2D eigenvalue weighted by Crippen LogP contribution is 2.29. The SMILES string of the molecule is Cc1ccc2c(C(=O)N3CCCC3)cc(-c3cnc(Cn4cncn4)nc3)nc2c1C. The number of fused-ring (bicyclic) bond motifs is 1. The molecule has 4 heterocycles. The number of amides is 1. The molecule has 8 heteroatoms. The van der Waals surface area contributed by atoms with E-state index in [2.05, 4.69) is 40.0 Å². The van der Waals surface area contributed by atoms with Crippen molar-refractivity contribution in [3.8, 4) is 11.3 Å². The number of hydrogen-bond donors (Lipinski definition) is 0. The van der Waals surface area contributed by atoms with Crippen molar-refractivity contribution >= 4 is 16.8 Å². The monoisotopic (exact) mass is 413 g/mol. The maximum atomic E-state index is 13.3. The van der Waals surface area contributed by atoms with Gasteiger partial charge in [-0.1, -0.05) is 12.1 Å². The van der Waals surface area contributed by atoms with Crippen LogP contribution in [0.15, 0.2) is 43.2 Å². The molecule has 1 aliphatic rings. The fraction of sp³-hybridized carbons (Fsp3) is 0.304. The molecule has 1 saturated heterocycles. The van der Waals surface area contributed by atoms with Gasteiger partial charge in [-0.2, -0.15) is 5.10 Å². The van der Waals surface area contributed by atoms with Gasteiger partial charge in [-0.15, -0.1) is 0 Å². The smallest absolute Gasteiger partial charge is 0.254 e. The van der Waals surface area contributed by atoms with Gasteiger partial charge < -0.3 is 4.90 Å². The standard InChI is InChI=1S/C23H23N7O/c1-15-5-6-18-19(23(31)29-7-3-4-8-29)9-20(28-22(18)16(15)2)17-10-25-21(26-11-17)12-30-14-24-13-27-30/h5-6,9-11,13-14H,3-4,7-8,12H2,1-2H3. The Hall–Kier alpha value is -3.68. The quantitative estimate of drug-likeness (QED) is 0.510. The normalized spacial score (nSPS) is 13.8. The number of hydrogen-bond acceptors (Lipinski definition) is 6. The fourth-order valence-corrected chi connectivity index (χ4v) is 3.97. The minimum atomic E-state index is 0.0677. The number of rotatable bonds is 4. The highest BCUT2D eigenvalue weighted by Gasteiger charge is 2.23. The van der Waals surface area contributed by atoms with Crippen LogP contribution in [0.1, 0.15) is 40.2 Å². The molecule has 0 spiro atoms. The summed E-state index contributed by atoms with van der Waals surface area (Å²) in [5, 5.41) is 4.98. The Morgan fingerprint density at radius 1 is 1.10 bits per heavy atom. The third kappa shape index (κ3) is 3.65. The molecule has 1 amide bonds. The van der Waals surface area contributed by atoms with E-state index in [0.717, 1.165) is 53.5 Å². The van der Waals surface area contributed by atoms with Crippen molar-refractivity contribution in [3.63, 3.8) is 0 Å². The van der Waals surface area contributed by atoms with E-state index in [4.69, 9.17) is 4.98 Å². The van der Waals surface area contributed by atoms with Crippen molar-refractivity contribution in [1.29, 1.82) is 0 Å². The van der Waals surface area contributed by atoms with E-state index in [1.54, 1.807) is 23.4 Å². The van der Waals surface area contributed by atoms with E-state index in [1.165, 1.54) is 6.33 Å². The molecule has 0 radical (unpaired) electrons. The van der Waals surface area contributed by atoms with Gasteiger partial charge in [0, 0.05) is 36.4 Å². The van der Waals surface area contributed by atoms with E-state index in [1.807, 2.05) is 17.0 Å². The zero-order chi connectivity index (χ0) is 21.4. The number of pyridine rings is 1. The molecule has 0 aliphatic carbocycles. The second-order valence-electron chi connectivity index (χ2n) is 7.94.